The third-order valence-corrected chi connectivity index (χ3v) is 12.0. The van der Waals surface area contributed by atoms with Gasteiger partial charge in [0.15, 0.2) is 0 Å². The van der Waals surface area contributed by atoms with Gasteiger partial charge in [-0.2, -0.15) is 0 Å². The van der Waals surface area contributed by atoms with Gasteiger partial charge in [0.25, 0.3) is 0 Å². The van der Waals surface area contributed by atoms with Crippen LogP contribution in [0.5, 0.6) is 0 Å². The molecule has 57 heavy (non-hydrogen) atoms. The van der Waals surface area contributed by atoms with Crippen molar-refractivity contribution >= 4 is 27.8 Å². The van der Waals surface area contributed by atoms with Crippen molar-refractivity contribution < 1.29 is 0 Å². The number of benzene rings is 9. The standard InChI is InChI=1S/C56H43N/c1-38-15-10-13-22-48(38)51-35-44-20-11-12-21-45(44)36-54(51)57(46-31-29-42(30-32-46)41-27-25-40(26-28-41)39-16-6-4-7-17-39)47-33-34-50-53(37-47)56(2,3)52-24-14-23-49(55(50)52)43-18-8-5-9-19-43/h4-37H,1-3H3. The molecule has 0 bridgehead atoms. The topological polar surface area (TPSA) is 3.24 Å². The van der Waals surface area contributed by atoms with Crippen LogP contribution in [0.2, 0.25) is 0 Å². The SMILES string of the molecule is Cc1ccccc1-c1cc2ccccc2cc1N(c1ccc(-c2ccc(-c3ccccc3)cc2)cc1)c1ccc2c(c1)C(C)(C)c1cccc(-c3ccccc3)c1-2. The van der Waals surface area contributed by atoms with Crippen molar-refractivity contribution in [2.75, 3.05) is 4.90 Å². The predicted octanol–water partition coefficient (Wildman–Crippen LogP) is 15.6. The summed E-state index contributed by atoms with van der Waals surface area (Å²) in [5, 5.41) is 2.44. The highest BCUT2D eigenvalue weighted by Crippen LogP contribution is 2.54. The summed E-state index contributed by atoms with van der Waals surface area (Å²) in [5.41, 5.74) is 19.7. The Balaban J connectivity index is 1.15. The minimum absolute atomic E-state index is 0.185. The Bertz CT molecular complexity index is 2900. The maximum Gasteiger partial charge on any atom is 0.0546 e. The normalized spacial score (nSPS) is 12.6. The molecule has 1 aliphatic rings. The molecule has 1 nitrogen and oxygen atoms in total. The fraction of sp³-hybridized carbons (Fsp3) is 0.0714. The van der Waals surface area contributed by atoms with Crippen LogP contribution >= 0.6 is 0 Å². The molecule has 0 saturated carbocycles. The summed E-state index contributed by atoms with van der Waals surface area (Å²) >= 11 is 0. The molecule has 0 unspecified atom stereocenters. The number of hydrogen-bond donors (Lipinski definition) is 0. The van der Waals surface area contributed by atoms with Crippen LogP contribution < -0.4 is 4.90 Å². The molecule has 1 heteroatoms. The van der Waals surface area contributed by atoms with E-state index in [1.165, 1.54) is 83.1 Å². The van der Waals surface area contributed by atoms with Crippen LogP contribution in [0.3, 0.4) is 0 Å². The molecule has 0 atom stereocenters. The van der Waals surface area contributed by atoms with E-state index in [4.69, 9.17) is 0 Å². The maximum atomic E-state index is 2.48. The molecule has 0 heterocycles. The lowest BCUT2D eigenvalue weighted by Crippen LogP contribution is -2.17. The molecule has 272 valence electrons. The zero-order valence-electron chi connectivity index (χ0n) is 32.6. The molecule has 0 amide bonds. The Hall–Kier alpha value is -6.96. The molecule has 1 aliphatic carbocycles. The second-order valence-corrected chi connectivity index (χ2v) is 15.8. The van der Waals surface area contributed by atoms with E-state index in [0.29, 0.717) is 0 Å². The third kappa shape index (κ3) is 6.04. The Labute approximate surface area is 336 Å². The zero-order valence-corrected chi connectivity index (χ0v) is 32.6. The smallest absolute Gasteiger partial charge is 0.0546 e. The van der Waals surface area contributed by atoms with E-state index in [2.05, 4.69) is 232 Å². The molecule has 0 aliphatic heterocycles. The fourth-order valence-corrected chi connectivity index (χ4v) is 8.99. The molecular formula is C56H43N. The quantitative estimate of drug-likeness (QED) is 0.158. The summed E-state index contributed by atoms with van der Waals surface area (Å²) in [6, 6.07) is 75.7. The van der Waals surface area contributed by atoms with Crippen molar-refractivity contribution in [3.8, 4) is 55.6 Å². The van der Waals surface area contributed by atoms with Crippen LogP contribution in [0.15, 0.2) is 206 Å². The first-order valence-corrected chi connectivity index (χ1v) is 19.9. The van der Waals surface area contributed by atoms with Gasteiger partial charge in [-0.15, -0.1) is 0 Å². The number of fused-ring (bicyclic) bond motifs is 4. The van der Waals surface area contributed by atoms with Gasteiger partial charge < -0.3 is 4.90 Å². The fourth-order valence-electron chi connectivity index (χ4n) is 8.99. The first-order valence-electron chi connectivity index (χ1n) is 19.9. The molecule has 10 rings (SSSR count). The van der Waals surface area contributed by atoms with Gasteiger partial charge in [0.05, 0.1) is 5.69 Å². The largest absolute Gasteiger partial charge is 0.310 e. The lowest BCUT2D eigenvalue weighted by Gasteiger charge is -2.30. The third-order valence-electron chi connectivity index (χ3n) is 12.0. The van der Waals surface area contributed by atoms with E-state index < -0.39 is 0 Å². The Kier molecular flexibility index (Phi) is 8.46. The van der Waals surface area contributed by atoms with Crippen molar-refractivity contribution in [1.29, 1.82) is 0 Å². The van der Waals surface area contributed by atoms with Crippen molar-refractivity contribution in [1.82, 2.24) is 0 Å². The lowest BCUT2D eigenvalue weighted by molar-refractivity contribution is 0.660. The first-order chi connectivity index (χ1) is 27.9. The van der Waals surface area contributed by atoms with Crippen LogP contribution in [0.4, 0.5) is 17.1 Å². The summed E-state index contributed by atoms with van der Waals surface area (Å²) in [6.07, 6.45) is 0. The van der Waals surface area contributed by atoms with Gasteiger partial charge >= 0.3 is 0 Å². The Morgan fingerprint density at radius 2 is 0.877 bits per heavy atom. The predicted molar refractivity (Wildman–Crippen MR) is 243 cm³/mol. The second-order valence-electron chi connectivity index (χ2n) is 15.8. The highest BCUT2D eigenvalue weighted by molar-refractivity contribution is 6.00. The summed E-state index contributed by atoms with van der Waals surface area (Å²) in [6.45, 7) is 6.98. The molecule has 0 N–H and O–H groups in total. The van der Waals surface area contributed by atoms with Crippen molar-refractivity contribution in [2.45, 2.75) is 26.2 Å². The van der Waals surface area contributed by atoms with Gasteiger partial charge in [-0.1, -0.05) is 184 Å². The lowest BCUT2D eigenvalue weighted by atomic mass is 9.81. The van der Waals surface area contributed by atoms with E-state index in [9.17, 15) is 0 Å². The number of rotatable bonds is 7. The average Bonchev–Trinajstić information content (AvgIpc) is 3.50. The molecule has 9 aromatic carbocycles. The molecule has 0 saturated heterocycles. The molecule has 0 fully saturated rings. The maximum absolute atomic E-state index is 2.48. The highest BCUT2D eigenvalue weighted by atomic mass is 15.1. The van der Waals surface area contributed by atoms with E-state index in [-0.39, 0.29) is 5.41 Å². The summed E-state index contributed by atoms with van der Waals surface area (Å²) in [4.78, 5) is 2.48. The van der Waals surface area contributed by atoms with Crippen LogP contribution in [0.25, 0.3) is 66.4 Å². The van der Waals surface area contributed by atoms with E-state index in [0.717, 1.165) is 17.1 Å². The Morgan fingerprint density at radius 3 is 1.54 bits per heavy atom. The highest BCUT2D eigenvalue weighted by Gasteiger charge is 2.37. The van der Waals surface area contributed by atoms with Gasteiger partial charge in [-0.25, -0.2) is 0 Å². The van der Waals surface area contributed by atoms with Crippen LogP contribution in [0, 0.1) is 6.92 Å². The van der Waals surface area contributed by atoms with Crippen LogP contribution in [-0.2, 0) is 5.41 Å². The monoisotopic (exact) mass is 729 g/mol. The van der Waals surface area contributed by atoms with Gasteiger partial charge in [0, 0.05) is 22.4 Å². The summed E-state index contributed by atoms with van der Waals surface area (Å²) in [5.74, 6) is 0. The van der Waals surface area contributed by atoms with Crippen molar-refractivity contribution in [3.05, 3.63) is 223 Å². The minimum Gasteiger partial charge on any atom is -0.310 e. The minimum atomic E-state index is -0.185. The number of aryl methyl sites for hydroxylation is 1. The molecule has 0 radical (unpaired) electrons. The van der Waals surface area contributed by atoms with E-state index in [1.54, 1.807) is 0 Å². The van der Waals surface area contributed by atoms with Crippen LogP contribution in [0.1, 0.15) is 30.5 Å². The first kappa shape index (κ1) is 34.5. The van der Waals surface area contributed by atoms with Crippen LogP contribution in [-0.4, -0.2) is 0 Å². The summed E-state index contributed by atoms with van der Waals surface area (Å²) < 4.78 is 0. The second kappa shape index (κ2) is 14.0. The summed E-state index contributed by atoms with van der Waals surface area (Å²) in [7, 11) is 0. The van der Waals surface area contributed by atoms with Gasteiger partial charge in [-0.3, -0.25) is 0 Å². The van der Waals surface area contributed by atoms with Crippen molar-refractivity contribution in [2.24, 2.45) is 0 Å². The zero-order chi connectivity index (χ0) is 38.5. The number of hydrogen-bond acceptors (Lipinski definition) is 1. The number of anilines is 3. The molecule has 0 spiro atoms. The van der Waals surface area contributed by atoms with E-state index in [1.807, 2.05) is 0 Å². The molecule has 9 aromatic rings. The van der Waals surface area contributed by atoms with Gasteiger partial charge in [-0.05, 0) is 121 Å². The molecule has 0 aromatic heterocycles. The van der Waals surface area contributed by atoms with Gasteiger partial charge in [0.2, 0.25) is 0 Å². The molecular weight excluding hydrogens is 687 g/mol. The average molecular weight is 730 g/mol. The van der Waals surface area contributed by atoms with Crippen molar-refractivity contribution in [3.63, 3.8) is 0 Å². The Morgan fingerprint density at radius 1 is 0.351 bits per heavy atom. The van der Waals surface area contributed by atoms with E-state index >= 15 is 0 Å². The van der Waals surface area contributed by atoms with Gasteiger partial charge in [0.1, 0.15) is 0 Å². The number of nitrogens with zero attached hydrogens (tertiary/aromatic N) is 1.